The number of hydrogen-bond acceptors (Lipinski definition) is 4. The van der Waals surface area contributed by atoms with E-state index in [4.69, 9.17) is 4.74 Å². The molecule has 1 aliphatic heterocycles. The van der Waals surface area contributed by atoms with Crippen molar-refractivity contribution in [2.75, 3.05) is 18.6 Å². The molecule has 0 radical (unpaired) electrons. The molecule has 5 nitrogen and oxygen atoms in total. The zero-order valence-corrected chi connectivity index (χ0v) is 9.19. The lowest BCUT2D eigenvalue weighted by Crippen LogP contribution is -2.24. The molecule has 0 saturated carbocycles. The van der Waals surface area contributed by atoms with Gasteiger partial charge in [0.05, 0.1) is 32.0 Å². The third kappa shape index (κ3) is 1.76. The van der Waals surface area contributed by atoms with Crippen LogP contribution in [0.1, 0.15) is 12.0 Å². The predicted molar refractivity (Wildman–Crippen MR) is 57.5 cm³/mol. The zero-order chi connectivity index (χ0) is 11.7. The number of rotatable bonds is 2. The summed E-state index contributed by atoms with van der Waals surface area (Å²) in [5.74, 6) is 0.302. The predicted octanol–water partition coefficient (Wildman–Crippen LogP) is 0.704. The van der Waals surface area contributed by atoms with Crippen LogP contribution < -0.4 is 9.64 Å². The van der Waals surface area contributed by atoms with Gasteiger partial charge >= 0.3 is 0 Å². The summed E-state index contributed by atoms with van der Waals surface area (Å²) in [6.07, 6.45) is 1.54. The van der Waals surface area contributed by atoms with Crippen molar-refractivity contribution >= 4 is 17.4 Å². The fourth-order valence-electron chi connectivity index (χ4n) is 1.73. The first-order valence-electron chi connectivity index (χ1n) is 4.94. The largest absolute Gasteiger partial charge is 0.481 e. The van der Waals surface area contributed by atoms with Crippen molar-refractivity contribution in [2.24, 2.45) is 0 Å². The summed E-state index contributed by atoms with van der Waals surface area (Å²) in [6, 6.07) is 1.79. The van der Waals surface area contributed by atoms with Gasteiger partial charge in [-0.25, -0.2) is 4.98 Å². The molecule has 0 aromatic carbocycles. The highest BCUT2D eigenvalue weighted by Crippen LogP contribution is 2.23. The first-order chi connectivity index (χ1) is 7.61. The van der Waals surface area contributed by atoms with Crippen molar-refractivity contribution in [1.82, 2.24) is 4.98 Å². The van der Waals surface area contributed by atoms with E-state index in [9.17, 15) is 9.59 Å². The summed E-state index contributed by atoms with van der Waals surface area (Å²) in [4.78, 5) is 28.2. The summed E-state index contributed by atoms with van der Waals surface area (Å²) in [5.41, 5.74) is 1.49. The lowest BCUT2D eigenvalue weighted by molar-refractivity contribution is -0.121. The Bertz CT molecular complexity index is 457. The van der Waals surface area contributed by atoms with Gasteiger partial charge in [-0.15, -0.1) is 0 Å². The maximum Gasteiger partial charge on any atom is 0.234 e. The summed E-state index contributed by atoms with van der Waals surface area (Å²) in [7, 11) is 1.54. The number of aryl methyl sites for hydroxylation is 1. The Labute approximate surface area is 93.0 Å². The Morgan fingerprint density at radius 2 is 2.19 bits per heavy atom. The number of ketones is 1. The molecule has 1 aliphatic rings. The van der Waals surface area contributed by atoms with Gasteiger partial charge < -0.3 is 9.64 Å². The molecule has 5 heteroatoms. The van der Waals surface area contributed by atoms with Gasteiger partial charge in [-0.05, 0) is 13.0 Å². The molecule has 0 unspecified atom stereocenters. The minimum Gasteiger partial charge on any atom is -0.481 e. The molecule has 1 saturated heterocycles. The Morgan fingerprint density at radius 3 is 2.69 bits per heavy atom. The fraction of sp³-hybridized carbons (Fsp3) is 0.364. The van der Waals surface area contributed by atoms with E-state index in [1.54, 1.807) is 19.4 Å². The average Bonchev–Trinajstić information content (AvgIpc) is 2.58. The number of anilines is 1. The van der Waals surface area contributed by atoms with Crippen LogP contribution >= 0.6 is 0 Å². The quantitative estimate of drug-likeness (QED) is 0.688. The van der Waals surface area contributed by atoms with Crippen LogP contribution in [0, 0.1) is 6.92 Å². The van der Waals surface area contributed by atoms with Crippen molar-refractivity contribution in [3.8, 4) is 5.88 Å². The molecule has 16 heavy (non-hydrogen) atoms. The molecule has 1 aromatic rings. The molecule has 1 fully saturated rings. The molecular formula is C11H12N2O3. The van der Waals surface area contributed by atoms with Gasteiger partial charge in [0, 0.05) is 5.56 Å². The van der Waals surface area contributed by atoms with Crippen LogP contribution in [0.3, 0.4) is 0 Å². The topological polar surface area (TPSA) is 59.5 Å². The van der Waals surface area contributed by atoms with E-state index in [1.165, 1.54) is 4.90 Å². The normalized spacial score (nSPS) is 15.8. The summed E-state index contributed by atoms with van der Waals surface area (Å²) in [6.45, 7) is 1.99. The fourth-order valence-corrected chi connectivity index (χ4v) is 1.73. The average molecular weight is 220 g/mol. The van der Waals surface area contributed by atoms with Crippen molar-refractivity contribution in [2.45, 2.75) is 13.3 Å². The highest BCUT2D eigenvalue weighted by Gasteiger charge is 2.28. The molecule has 0 aliphatic carbocycles. The van der Waals surface area contributed by atoms with Gasteiger partial charge in [0.15, 0.2) is 5.78 Å². The van der Waals surface area contributed by atoms with Crippen molar-refractivity contribution in [1.29, 1.82) is 0 Å². The van der Waals surface area contributed by atoms with E-state index in [1.807, 2.05) is 6.92 Å². The Balaban J connectivity index is 2.31. The second-order valence-corrected chi connectivity index (χ2v) is 3.72. The zero-order valence-electron chi connectivity index (χ0n) is 9.19. The molecule has 1 amide bonds. The van der Waals surface area contributed by atoms with Crippen molar-refractivity contribution in [3.05, 3.63) is 17.8 Å². The van der Waals surface area contributed by atoms with E-state index >= 15 is 0 Å². The van der Waals surface area contributed by atoms with E-state index < -0.39 is 0 Å². The van der Waals surface area contributed by atoms with Crippen LogP contribution in [0.4, 0.5) is 5.69 Å². The number of carbonyl (C=O) groups is 2. The molecule has 1 aromatic heterocycles. The highest BCUT2D eigenvalue weighted by atomic mass is 16.5. The van der Waals surface area contributed by atoms with Crippen LogP contribution in [0.25, 0.3) is 0 Å². The van der Waals surface area contributed by atoms with E-state index in [2.05, 4.69) is 4.98 Å². The lowest BCUT2D eigenvalue weighted by atomic mass is 10.2. The minimum absolute atomic E-state index is 0.00885. The SMILES string of the molecule is COc1ncc(N2CC(=O)CC2=O)cc1C. The van der Waals surface area contributed by atoms with Crippen molar-refractivity contribution in [3.63, 3.8) is 0 Å². The van der Waals surface area contributed by atoms with Crippen LogP contribution in [0.5, 0.6) is 5.88 Å². The van der Waals surface area contributed by atoms with Gasteiger partial charge in [0.2, 0.25) is 11.8 Å². The molecular weight excluding hydrogens is 208 g/mol. The summed E-state index contributed by atoms with van der Waals surface area (Å²) in [5, 5.41) is 0. The lowest BCUT2D eigenvalue weighted by Gasteiger charge is -2.15. The first kappa shape index (κ1) is 10.6. The van der Waals surface area contributed by atoms with Gasteiger partial charge in [-0.2, -0.15) is 0 Å². The third-order valence-corrected chi connectivity index (χ3v) is 2.50. The van der Waals surface area contributed by atoms with Crippen LogP contribution in [-0.2, 0) is 9.59 Å². The molecule has 2 rings (SSSR count). The molecule has 0 N–H and O–H groups in total. The Kier molecular flexibility index (Phi) is 2.60. The number of Topliss-reactive ketones (excluding diaryl/α,β-unsaturated/α-hetero) is 1. The van der Waals surface area contributed by atoms with Crippen LogP contribution in [-0.4, -0.2) is 30.3 Å². The number of amides is 1. The second-order valence-electron chi connectivity index (χ2n) is 3.72. The van der Waals surface area contributed by atoms with Crippen LogP contribution in [0.2, 0.25) is 0 Å². The second kappa shape index (κ2) is 3.92. The maximum atomic E-state index is 11.5. The Morgan fingerprint density at radius 1 is 1.44 bits per heavy atom. The van der Waals surface area contributed by atoms with Crippen molar-refractivity contribution < 1.29 is 14.3 Å². The van der Waals surface area contributed by atoms with Gasteiger partial charge in [0.1, 0.15) is 0 Å². The highest BCUT2D eigenvalue weighted by molar-refractivity contribution is 6.14. The number of ether oxygens (including phenoxy) is 1. The third-order valence-electron chi connectivity index (χ3n) is 2.50. The number of nitrogens with zero attached hydrogens (tertiary/aromatic N) is 2. The van der Waals surface area contributed by atoms with E-state index in [0.29, 0.717) is 11.6 Å². The number of carbonyl (C=O) groups excluding carboxylic acids is 2. The number of pyridine rings is 1. The van der Waals surface area contributed by atoms with E-state index in [-0.39, 0.29) is 24.7 Å². The molecule has 84 valence electrons. The smallest absolute Gasteiger partial charge is 0.234 e. The maximum absolute atomic E-state index is 11.5. The minimum atomic E-state index is -0.170. The number of aromatic nitrogens is 1. The number of hydrogen-bond donors (Lipinski definition) is 0. The van der Waals surface area contributed by atoms with Crippen LogP contribution in [0.15, 0.2) is 12.3 Å². The molecule has 0 spiro atoms. The summed E-state index contributed by atoms with van der Waals surface area (Å²) < 4.78 is 5.03. The molecule has 0 bridgehead atoms. The van der Waals surface area contributed by atoms with E-state index in [0.717, 1.165) is 5.56 Å². The molecule has 0 atom stereocenters. The standard InChI is InChI=1S/C11H12N2O3/c1-7-3-8(5-12-11(7)16-2)13-6-9(14)4-10(13)15/h3,5H,4,6H2,1-2H3. The Hall–Kier alpha value is -1.91. The first-order valence-corrected chi connectivity index (χ1v) is 4.94. The van der Waals surface area contributed by atoms with Gasteiger partial charge in [-0.1, -0.05) is 0 Å². The van der Waals surface area contributed by atoms with Gasteiger partial charge in [-0.3, -0.25) is 9.59 Å². The van der Waals surface area contributed by atoms with Gasteiger partial charge in [0.25, 0.3) is 0 Å². The number of methoxy groups -OCH3 is 1. The monoisotopic (exact) mass is 220 g/mol. The summed E-state index contributed by atoms with van der Waals surface area (Å²) >= 11 is 0. The molecule has 2 heterocycles.